The Morgan fingerprint density at radius 3 is 2.70 bits per heavy atom. The Morgan fingerprint density at radius 1 is 1.35 bits per heavy atom. The summed E-state index contributed by atoms with van der Waals surface area (Å²) >= 11 is 0. The molecule has 0 amide bonds. The van der Waals surface area contributed by atoms with Crippen LogP contribution in [0, 0.1) is 6.92 Å². The SMILES string of the molecule is CCCn1cc(CCCO)c2cc(C(=O)O)cc(C)c21. The fourth-order valence-corrected chi connectivity index (χ4v) is 2.74. The zero-order valence-corrected chi connectivity index (χ0v) is 12.0. The van der Waals surface area contributed by atoms with Gasteiger partial charge in [0.15, 0.2) is 0 Å². The van der Waals surface area contributed by atoms with Crippen molar-refractivity contribution >= 4 is 16.9 Å². The first-order chi connectivity index (χ1) is 9.58. The first-order valence-corrected chi connectivity index (χ1v) is 7.05. The molecule has 20 heavy (non-hydrogen) atoms. The molecule has 1 aromatic heterocycles. The van der Waals surface area contributed by atoms with Crippen molar-refractivity contribution in [3.05, 3.63) is 35.0 Å². The average molecular weight is 275 g/mol. The van der Waals surface area contributed by atoms with Crippen molar-refractivity contribution in [2.24, 2.45) is 0 Å². The van der Waals surface area contributed by atoms with Gasteiger partial charge in [-0.2, -0.15) is 0 Å². The molecule has 4 nitrogen and oxygen atoms in total. The first-order valence-electron chi connectivity index (χ1n) is 7.05. The number of carboxylic acids is 1. The van der Waals surface area contributed by atoms with E-state index >= 15 is 0 Å². The van der Waals surface area contributed by atoms with Crippen LogP contribution >= 0.6 is 0 Å². The summed E-state index contributed by atoms with van der Waals surface area (Å²) in [4.78, 5) is 11.2. The van der Waals surface area contributed by atoms with Crippen LogP contribution in [0.1, 0.15) is 41.3 Å². The van der Waals surface area contributed by atoms with Crippen LogP contribution in [0.2, 0.25) is 0 Å². The zero-order valence-electron chi connectivity index (χ0n) is 12.0. The van der Waals surface area contributed by atoms with Crippen LogP contribution in [0.3, 0.4) is 0 Å². The highest BCUT2D eigenvalue weighted by Crippen LogP contribution is 2.27. The monoisotopic (exact) mass is 275 g/mol. The first kappa shape index (κ1) is 14.6. The van der Waals surface area contributed by atoms with Crippen molar-refractivity contribution in [2.75, 3.05) is 6.61 Å². The van der Waals surface area contributed by atoms with Gasteiger partial charge in [0.1, 0.15) is 0 Å². The number of fused-ring (bicyclic) bond motifs is 1. The minimum atomic E-state index is -0.897. The van der Waals surface area contributed by atoms with Gasteiger partial charge in [0.2, 0.25) is 0 Å². The molecule has 0 radical (unpaired) electrons. The van der Waals surface area contributed by atoms with E-state index in [2.05, 4.69) is 17.7 Å². The van der Waals surface area contributed by atoms with E-state index in [0.717, 1.165) is 41.4 Å². The predicted octanol–water partition coefficient (Wildman–Crippen LogP) is 2.98. The molecule has 0 bridgehead atoms. The van der Waals surface area contributed by atoms with Crippen molar-refractivity contribution in [1.29, 1.82) is 0 Å². The van der Waals surface area contributed by atoms with Gasteiger partial charge in [0, 0.05) is 24.7 Å². The van der Waals surface area contributed by atoms with Crippen LogP contribution < -0.4 is 0 Å². The summed E-state index contributed by atoms with van der Waals surface area (Å²) in [5.74, 6) is -0.897. The van der Waals surface area contributed by atoms with Gasteiger partial charge in [-0.1, -0.05) is 6.92 Å². The van der Waals surface area contributed by atoms with Gasteiger partial charge in [-0.25, -0.2) is 4.79 Å². The minimum Gasteiger partial charge on any atom is -0.478 e. The molecule has 0 fully saturated rings. The molecule has 0 aliphatic rings. The Bertz CT molecular complexity index is 628. The van der Waals surface area contributed by atoms with E-state index in [9.17, 15) is 9.90 Å². The molecule has 4 heteroatoms. The Labute approximate surface area is 118 Å². The quantitative estimate of drug-likeness (QED) is 0.852. The minimum absolute atomic E-state index is 0.151. The third kappa shape index (κ3) is 2.70. The van der Waals surface area contributed by atoms with Crippen LogP contribution in [0.5, 0.6) is 0 Å². The molecule has 0 saturated heterocycles. The number of hydrogen-bond acceptors (Lipinski definition) is 2. The normalized spacial score (nSPS) is 11.2. The number of benzene rings is 1. The maximum atomic E-state index is 11.2. The summed E-state index contributed by atoms with van der Waals surface area (Å²) in [5, 5.41) is 19.2. The van der Waals surface area contributed by atoms with E-state index < -0.39 is 5.97 Å². The molecule has 1 heterocycles. The Morgan fingerprint density at radius 2 is 2.10 bits per heavy atom. The van der Waals surface area contributed by atoms with Gasteiger partial charge in [-0.15, -0.1) is 0 Å². The molecule has 2 N–H and O–H groups in total. The zero-order chi connectivity index (χ0) is 14.7. The van der Waals surface area contributed by atoms with Crippen LogP contribution in [0.25, 0.3) is 10.9 Å². The van der Waals surface area contributed by atoms with E-state index in [4.69, 9.17) is 5.11 Å². The van der Waals surface area contributed by atoms with Crippen molar-refractivity contribution in [1.82, 2.24) is 4.57 Å². The summed E-state index contributed by atoms with van der Waals surface area (Å²) in [6.45, 7) is 5.15. The summed E-state index contributed by atoms with van der Waals surface area (Å²) in [6.07, 6.45) is 4.60. The van der Waals surface area contributed by atoms with E-state index in [1.807, 2.05) is 6.92 Å². The van der Waals surface area contributed by atoms with E-state index in [0.29, 0.717) is 12.0 Å². The largest absolute Gasteiger partial charge is 0.478 e. The number of rotatable bonds is 6. The number of nitrogens with zero attached hydrogens (tertiary/aromatic N) is 1. The van der Waals surface area contributed by atoms with Gasteiger partial charge >= 0.3 is 5.97 Å². The van der Waals surface area contributed by atoms with E-state index in [1.54, 1.807) is 12.1 Å². The summed E-state index contributed by atoms with van der Waals surface area (Å²) < 4.78 is 2.20. The van der Waals surface area contributed by atoms with Gasteiger partial charge in [-0.05, 0) is 49.4 Å². The molecule has 1 aromatic carbocycles. The van der Waals surface area contributed by atoms with E-state index in [1.165, 1.54) is 0 Å². The van der Waals surface area contributed by atoms with Crippen molar-refractivity contribution in [2.45, 2.75) is 39.7 Å². The smallest absolute Gasteiger partial charge is 0.335 e. The number of hydrogen-bond donors (Lipinski definition) is 2. The lowest BCUT2D eigenvalue weighted by molar-refractivity contribution is 0.0697. The number of aromatic nitrogens is 1. The highest BCUT2D eigenvalue weighted by Gasteiger charge is 2.14. The molecule has 0 unspecified atom stereocenters. The van der Waals surface area contributed by atoms with E-state index in [-0.39, 0.29) is 6.61 Å². The Hall–Kier alpha value is -1.81. The van der Waals surface area contributed by atoms with Crippen LogP contribution in [0.15, 0.2) is 18.3 Å². The Kier molecular flexibility index (Phi) is 4.45. The Balaban J connectivity index is 2.62. The summed E-state index contributed by atoms with van der Waals surface area (Å²) in [5.41, 5.74) is 3.55. The molecular weight excluding hydrogens is 254 g/mol. The number of carbonyl (C=O) groups is 1. The lowest BCUT2D eigenvalue weighted by Crippen LogP contribution is -1.99. The lowest BCUT2D eigenvalue weighted by Gasteiger charge is -2.07. The maximum absolute atomic E-state index is 11.2. The van der Waals surface area contributed by atoms with Crippen molar-refractivity contribution in [3.63, 3.8) is 0 Å². The number of aliphatic hydroxyl groups excluding tert-OH is 1. The fraction of sp³-hybridized carbons (Fsp3) is 0.438. The second-order valence-electron chi connectivity index (χ2n) is 5.17. The second-order valence-corrected chi connectivity index (χ2v) is 5.17. The second kappa shape index (κ2) is 6.09. The van der Waals surface area contributed by atoms with Crippen LogP contribution in [-0.4, -0.2) is 27.4 Å². The number of carboxylic acid groups (broad SMARTS) is 1. The molecule has 2 aromatic rings. The fourth-order valence-electron chi connectivity index (χ4n) is 2.74. The molecular formula is C16H21NO3. The molecule has 0 saturated carbocycles. The molecule has 0 aliphatic heterocycles. The van der Waals surface area contributed by atoms with Gasteiger partial charge in [-0.3, -0.25) is 0 Å². The number of aliphatic hydroxyl groups is 1. The summed E-state index contributed by atoms with van der Waals surface area (Å²) in [6, 6.07) is 3.48. The highest BCUT2D eigenvalue weighted by molar-refractivity contribution is 5.96. The summed E-state index contributed by atoms with van der Waals surface area (Å²) in [7, 11) is 0. The third-order valence-corrected chi connectivity index (χ3v) is 3.56. The van der Waals surface area contributed by atoms with Gasteiger partial charge < -0.3 is 14.8 Å². The van der Waals surface area contributed by atoms with Crippen LogP contribution in [0.4, 0.5) is 0 Å². The standard InChI is InChI=1S/C16H21NO3/c1-3-6-17-10-12(5-4-7-18)14-9-13(16(19)20)8-11(2)15(14)17/h8-10,18H,3-7H2,1-2H3,(H,19,20). The molecule has 108 valence electrons. The molecule has 0 aliphatic carbocycles. The topological polar surface area (TPSA) is 62.5 Å². The number of aromatic carboxylic acids is 1. The third-order valence-electron chi connectivity index (χ3n) is 3.56. The van der Waals surface area contributed by atoms with Gasteiger partial charge in [0.05, 0.1) is 11.1 Å². The van der Waals surface area contributed by atoms with Crippen LogP contribution in [-0.2, 0) is 13.0 Å². The molecule has 2 rings (SSSR count). The highest BCUT2D eigenvalue weighted by atomic mass is 16.4. The predicted molar refractivity (Wildman–Crippen MR) is 79.3 cm³/mol. The van der Waals surface area contributed by atoms with Gasteiger partial charge in [0.25, 0.3) is 0 Å². The average Bonchev–Trinajstić information content (AvgIpc) is 2.75. The van der Waals surface area contributed by atoms with Crippen molar-refractivity contribution < 1.29 is 15.0 Å². The number of aryl methyl sites for hydroxylation is 3. The molecule has 0 atom stereocenters. The lowest BCUT2D eigenvalue weighted by atomic mass is 10.0. The molecule has 0 spiro atoms. The maximum Gasteiger partial charge on any atom is 0.335 e. The van der Waals surface area contributed by atoms with Crippen molar-refractivity contribution in [3.8, 4) is 0 Å².